The lowest BCUT2D eigenvalue weighted by Crippen LogP contribution is -2.52. The molecule has 4 fully saturated rings. The van der Waals surface area contributed by atoms with Gasteiger partial charge in [0.1, 0.15) is 6.10 Å². The first-order valence-electron chi connectivity index (χ1n) is 16.3. The van der Waals surface area contributed by atoms with Gasteiger partial charge in [0, 0.05) is 37.4 Å². The Bertz CT molecular complexity index is 1650. The quantitative estimate of drug-likeness (QED) is 0.242. The maximum absolute atomic E-state index is 14.1. The van der Waals surface area contributed by atoms with Gasteiger partial charge in [-0.2, -0.15) is 4.31 Å². The molecule has 7 atom stereocenters. The van der Waals surface area contributed by atoms with E-state index in [-0.39, 0.29) is 54.2 Å². The molecule has 2 saturated heterocycles. The van der Waals surface area contributed by atoms with E-state index in [9.17, 15) is 18.3 Å². The predicted octanol–water partition coefficient (Wildman–Crippen LogP) is 4.37. The van der Waals surface area contributed by atoms with Gasteiger partial charge in [0.15, 0.2) is 11.4 Å². The van der Waals surface area contributed by atoms with Gasteiger partial charge in [0.25, 0.3) is 0 Å². The number of thiazole rings is 1. The van der Waals surface area contributed by atoms with E-state index in [0.29, 0.717) is 25.5 Å². The van der Waals surface area contributed by atoms with E-state index in [4.69, 9.17) is 14.2 Å². The van der Waals surface area contributed by atoms with Crippen LogP contribution in [-0.2, 0) is 30.7 Å². The molecule has 2 aromatic carbocycles. The second-order valence-electron chi connectivity index (χ2n) is 13.5. The summed E-state index contributed by atoms with van der Waals surface area (Å²) < 4.78 is 47.9. The van der Waals surface area contributed by atoms with Crippen LogP contribution in [0.25, 0.3) is 10.2 Å². The number of aliphatic hydroxyl groups excluding tert-OH is 1. The summed E-state index contributed by atoms with van der Waals surface area (Å²) >= 11 is 1.44. The van der Waals surface area contributed by atoms with Gasteiger partial charge in [-0.1, -0.05) is 55.5 Å². The first-order chi connectivity index (χ1) is 22.1. The van der Waals surface area contributed by atoms with Crippen LogP contribution in [-0.4, -0.2) is 85.3 Å². The summed E-state index contributed by atoms with van der Waals surface area (Å²) in [6.07, 6.45) is 1.66. The minimum absolute atomic E-state index is 0.00435. The number of aliphatic hydroxyl groups is 1. The average Bonchev–Trinajstić information content (AvgIpc) is 3.43. The largest absolute Gasteiger partial charge is 0.446 e. The van der Waals surface area contributed by atoms with E-state index in [1.807, 2.05) is 44.2 Å². The van der Waals surface area contributed by atoms with Crippen molar-refractivity contribution in [3.05, 3.63) is 54.1 Å². The Kier molecular flexibility index (Phi) is 8.98. The number of nitrogens with zero attached hydrogens (tertiary/aromatic N) is 2. The van der Waals surface area contributed by atoms with Crippen LogP contribution in [0.4, 0.5) is 9.93 Å². The molecular formula is C33H42N4O7S2. The van der Waals surface area contributed by atoms with Gasteiger partial charge in [-0.05, 0) is 55.4 Å². The molecule has 3 N–H and O–H groups in total. The fourth-order valence-electron chi connectivity index (χ4n) is 6.90. The summed E-state index contributed by atoms with van der Waals surface area (Å²) in [5.41, 5.74) is 1.64. The van der Waals surface area contributed by atoms with E-state index < -0.39 is 28.3 Å². The van der Waals surface area contributed by atoms with Gasteiger partial charge < -0.3 is 30.0 Å². The van der Waals surface area contributed by atoms with Crippen molar-refractivity contribution in [3.63, 3.8) is 0 Å². The number of benzene rings is 2. The zero-order valence-electron chi connectivity index (χ0n) is 26.1. The molecule has 1 amide bonds. The third-order valence-electron chi connectivity index (χ3n) is 9.37. The van der Waals surface area contributed by atoms with Crippen LogP contribution in [0.2, 0.25) is 0 Å². The number of hydrogen-bond donors (Lipinski definition) is 3. The highest BCUT2D eigenvalue weighted by atomic mass is 32.2. The molecule has 1 aromatic heterocycles. The summed E-state index contributed by atoms with van der Waals surface area (Å²) in [6, 6.07) is 14.1. The van der Waals surface area contributed by atoms with Crippen molar-refractivity contribution in [1.82, 2.24) is 14.6 Å². The van der Waals surface area contributed by atoms with Gasteiger partial charge in [-0.25, -0.2) is 18.2 Å². The number of anilines is 1. The lowest BCUT2D eigenvalue weighted by molar-refractivity contribution is -0.130. The molecule has 3 aromatic rings. The van der Waals surface area contributed by atoms with Crippen LogP contribution < -0.4 is 10.6 Å². The summed E-state index contributed by atoms with van der Waals surface area (Å²) in [5.74, 6) is 0.299. The van der Waals surface area contributed by atoms with E-state index in [1.165, 1.54) is 15.6 Å². The Morgan fingerprint density at radius 3 is 2.70 bits per heavy atom. The minimum Gasteiger partial charge on any atom is -0.446 e. The zero-order valence-corrected chi connectivity index (χ0v) is 27.7. The average molecular weight is 671 g/mol. The van der Waals surface area contributed by atoms with Crippen LogP contribution in [0.5, 0.6) is 0 Å². The van der Waals surface area contributed by atoms with Crippen LogP contribution in [0.1, 0.15) is 45.1 Å². The molecule has 4 aliphatic rings. The second kappa shape index (κ2) is 13.0. The number of hydrogen-bond acceptors (Lipinski definition) is 10. The lowest BCUT2D eigenvalue weighted by atomic mass is 9.79. The van der Waals surface area contributed by atoms with Crippen LogP contribution >= 0.6 is 11.3 Å². The maximum atomic E-state index is 14.1. The Morgan fingerprint density at radius 2 is 1.93 bits per heavy atom. The highest BCUT2D eigenvalue weighted by Gasteiger charge is 2.54. The number of fused-ring (bicyclic) bond motifs is 2. The van der Waals surface area contributed by atoms with Gasteiger partial charge in [0.05, 0.1) is 40.0 Å². The van der Waals surface area contributed by atoms with Crippen LogP contribution in [0.15, 0.2) is 53.4 Å². The molecule has 4 unspecified atom stereocenters. The molecule has 248 valence electrons. The molecule has 0 radical (unpaired) electrons. The normalized spacial score (nSPS) is 26.8. The Balaban J connectivity index is 1.09. The third-order valence-corrected chi connectivity index (χ3v) is 12.2. The monoisotopic (exact) mass is 670 g/mol. The number of sulfonamides is 1. The van der Waals surface area contributed by atoms with E-state index >= 15 is 0 Å². The summed E-state index contributed by atoms with van der Waals surface area (Å²) in [7, 11) is -3.99. The number of aromatic nitrogens is 1. The number of carbonyl (C=O) groups is 1. The summed E-state index contributed by atoms with van der Waals surface area (Å²) in [6.45, 7) is 4.36. The molecule has 3 heterocycles. The molecule has 2 saturated carbocycles. The van der Waals surface area contributed by atoms with Gasteiger partial charge in [-0.3, -0.25) is 0 Å². The molecule has 46 heavy (non-hydrogen) atoms. The first kappa shape index (κ1) is 31.8. The van der Waals surface area contributed by atoms with Crippen molar-refractivity contribution in [2.24, 2.45) is 17.8 Å². The number of nitrogens with one attached hydrogen (secondary N) is 2. The molecule has 2 bridgehead atoms. The smallest absolute Gasteiger partial charge is 0.407 e. The predicted molar refractivity (Wildman–Crippen MR) is 174 cm³/mol. The Morgan fingerprint density at radius 1 is 1.13 bits per heavy atom. The number of carbonyl (C=O) groups excluding carboxylic acids is 1. The van der Waals surface area contributed by atoms with Crippen LogP contribution in [0.3, 0.4) is 0 Å². The fourth-order valence-corrected chi connectivity index (χ4v) is 9.61. The molecule has 7 rings (SSSR count). The summed E-state index contributed by atoms with van der Waals surface area (Å²) in [4.78, 5) is 18.1. The maximum Gasteiger partial charge on any atom is 0.407 e. The topological polar surface area (TPSA) is 139 Å². The number of rotatable bonds is 13. The highest BCUT2D eigenvalue weighted by molar-refractivity contribution is 7.89. The van der Waals surface area contributed by atoms with Crippen molar-refractivity contribution < 1.29 is 32.5 Å². The van der Waals surface area contributed by atoms with E-state index in [2.05, 4.69) is 15.6 Å². The Labute approximate surface area is 273 Å². The van der Waals surface area contributed by atoms with Crippen molar-refractivity contribution in [2.75, 3.05) is 25.0 Å². The minimum atomic E-state index is -3.99. The molecular weight excluding hydrogens is 629 g/mol. The summed E-state index contributed by atoms with van der Waals surface area (Å²) in [5, 5.41) is 18.7. The van der Waals surface area contributed by atoms with Gasteiger partial charge in [-0.15, -0.1) is 0 Å². The van der Waals surface area contributed by atoms with Crippen molar-refractivity contribution in [2.45, 2.75) is 87.5 Å². The molecule has 11 nitrogen and oxygen atoms in total. The zero-order chi connectivity index (χ0) is 32.0. The number of alkyl carbamates (subject to hydrolysis) is 1. The standard InChI is InChI=1S/C33H42N4O7S2/c1-19(2)16-37(46(40,41)23-10-11-26-30(15-23)45-32(35-26)34-21-8-9-21)17-28(38)27(12-20-6-4-3-5-7-20)36-33(39)44-29-14-22-13-24-25(29)18-42-31(24)43-22/h3-7,10-11,15,19,21-22,24-25,27-29,31,38H,8-9,12-14,16-18H2,1-2H3,(H,34,35)(H,36,39)/t22-,24?,25?,27+,28-,29?,31?/m1/s1. The first-order valence-corrected chi connectivity index (χ1v) is 18.5. The molecule has 0 spiro atoms. The lowest BCUT2D eigenvalue weighted by Gasteiger charge is -2.33. The van der Waals surface area contributed by atoms with Crippen molar-refractivity contribution in [1.29, 1.82) is 0 Å². The second-order valence-corrected chi connectivity index (χ2v) is 16.5. The van der Waals surface area contributed by atoms with E-state index in [0.717, 1.165) is 40.2 Å². The fraction of sp³-hybridized carbons (Fsp3) is 0.576. The third kappa shape index (κ3) is 6.90. The van der Waals surface area contributed by atoms with E-state index in [1.54, 1.807) is 18.2 Å². The number of ether oxygens (including phenoxy) is 3. The van der Waals surface area contributed by atoms with Gasteiger partial charge >= 0.3 is 6.09 Å². The SMILES string of the molecule is CC(C)CN(C[C@@H](O)[C@H](Cc1ccccc1)NC(=O)OC1C[C@H]2CC3C(OCC13)O2)S(=O)(=O)c1ccc2nc(NC3CC3)sc2c1. The number of amides is 1. The van der Waals surface area contributed by atoms with Crippen molar-refractivity contribution in [3.8, 4) is 0 Å². The molecule has 2 aliphatic carbocycles. The van der Waals surface area contributed by atoms with Gasteiger partial charge in [0.2, 0.25) is 10.0 Å². The molecule has 13 heteroatoms. The molecule has 2 aliphatic heterocycles. The van der Waals surface area contributed by atoms with Crippen molar-refractivity contribution >= 4 is 42.8 Å². The van der Waals surface area contributed by atoms with Crippen LogP contribution in [0, 0.1) is 17.8 Å². The highest BCUT2D eigenvalue weighted by Crippen LogP contribution is 2.47. The Hall–Kier alpha value is -2.81.